The lowest BCUT2D eigenvalue weighted by atomic mass is 9.93. The van der Waals surface area contributed by atoms with Gasteiger partial charge in [0.05, 0.1) is 11.1 Å². The fraction of sp³-hybridized carbons (Fsp3) is 0.462. The first-order chi connectivity index (χ1) is 18.3. The molecule has 0 aromatic heterocycles. The Kier molecular flexibility index (Phi) is 7.90. The van der Waals surface area contributed by atoms with Crippen LogP contribution in [0.2, 0.25) is 0 Å². The van der Waals surface area contributed by atoms with Gasteiger partial charge in [-0.05, 0) is 82.9 Å². The molecule has 4 rings (SSSR count). The summed E-state index contributed by atoms with van der Waals surface area (Å²) in [5.74, 6) is 0.332. The van der Waals surface area contributed by atoms with Crippen molar-refractivity contribution in [3.05, 3.63) is 58.6 Å². The van der Waals surface area contributed by atoms with Crippen LogP contribution < -0.4 is 20.3 Å². The number of benzene rings is 2. The third-order valence-corrected chi connectivity index (χ3v) is 8.93. The summed E-state index contributed by atoms with van der Waals surface area (Å²) >= 11 is 0. The van der Waals surface area contributed by atoms with E-state index in [0.29, 0.717) is 37.2 Å². The molecule has 2 aromatic carbocycles. The van der Waals surface area contributed by atoms with Crippen molar-refractivity contribution in [1.82, 2.24) is 5.32 Å². The monoisotopic (exact) mass is 561 g/mol. The number of nitro benzene ring substituents is 1. The molecule has 0 bridgehead atoms. The highest BCUT2D eigenvalue weighted by molar-refractivity contribution is 7.70. The molecule has 1 saturated carbocycles. The fourth-order valence-electron chi connectivity index (χ4n) is 4.16. The van der Waals surface area contributed by atoms with Gasteiger partial charge in [0.2, 0.25) is 5.28 Å². The minimum atomic E-state index is -3.51. The number of non-ortho nitro benzene ring substituents is 1. The van der Waals surface area contributed by atoms with Crippen LogP contribution in [0, 0.1) is 10.1 Å². The number of carbonyl (C=O) groups is 2. The van der Waals surface area contributed by atoms with Gasteiger partial charge in [-0.1, -0.05) is 0 Å². The number of hydrogen-bond acceptors (Lipinski definition) is 10. The van der Waals surface area contributed by atoms with E-state index in [0.717, 1.165) is 0 Å². The largest absolute Gasteiger partial charge is 0.461 e. The lowest BCUT2D eigenvalue weighted by Crippen LogP contribution is -2.43. The molecular formula is C26H32N3O9P. The minimum absolute atomic E-state index is 0.0491. The van der Waals surface area contributed by atoms with Gasteiger partial charge in [-0.3, -0.25) is 14.7 Å². The second kappa shape index (κ2) is 10.9. The Hall–Kier alpha value is -3.63. The second-order valence-corrected chi connectivity index (χ2v) is 13.3. The van der Waals surface area contributed by atoms with E-state index >= 15 is 0 Å². The summed E-state index contributed by atoms with van der Waals surface area (Å²) in [5.41, 5.74) is 5.51. The number of nitro groups is 1. The van der Waals surface area contributed by atoms with E-state index in [1.807, 2.05) is 0 Å². The number of nitrogens with one attached hydrogen (secondary N) is 1. The van der Waals surface area contributed by atoms with E-state index in [-0.39, 0.29) is 29.7 Å². The highest BCUT2D eigenvalue weighted by Crippen LogP contribution is 2.73. The average Bonchev–Trinajstić information content (AvgIpc) is 3.41. The van der Waals surface area contributed by atoms with E-state index in [1.165, 1.54) is 36.4 Å². The van der Waals surface area contributed by atoms with Gasteiger partial charge in [-0.25, -0.2) is 9.59 Å². The number of hydrogen-bond donors (Lipinski definition) is 2. The number of nitrogens with two attached hydrogens (primary N) is 1. The molecule has 1 unspecified atom stereocenters. The number of esters is 1. The molecule has 1 saturated heterocycles. The van der Waals surface area contributed by atoms with E-state index < -0.39 is 35.2 Å². The lowest BCUT2D eigenvalue weighted by molar-refractivity contribution is -0.384. The number of nitrogens with zero attached hydrogens (tertiary/aromatic N) is 1. The van der Waals surface area contributed by atoms with Gasteiger partial charge >= 0.3 is 12.1 Å². The fourth-order valence-corrected chi connectivity index (χ4v) is 6.22. The number of ether oxygens (including phenoxy) is 3. The van der Waals surface area contributed by atoms with Crippen LogP contribution in [-0.4, -0.2) is 46.2 Å². The van der Waals surface area contributed by atoms with Crippen LogP contribution >= 0.6 is 7.37 Å². The van der Waals surface area contributed by atoms with E-state index in [2.05, 4.69) is 5.32 Å². The maximum Gasteiger partial charge on any atom is 0.407 e. The molecule has 2 aromatic rings. The lowest BCUT2D eigenvalue weighted by Gasteiger charge is -2.30. The number of amides is 1. The van der Waals surface area contributed by atoms with Gasteiger partial charge in [-0.2, -0.15) is 0 Å². The van der Waals surface area contributed by atoms with Crippen molar-refractivity contribution in [3.8, 4) is 17.2 Å². The highest BCUT2D eigenvalue weighted by Gasteiger charge is 2.72. The Morgan fingerprint density at radius 1 is 1.00 bits per heavy atom. The molecule has 1 aliphatic heterocycles. The normalized spacial score (nSPS) is 26.2. The topological polar surface area (TPSA) is 169 Å². The number of carbonyl (C=O) groups excluding carboxylic acids is 2. The minimum Gasteiger partial charge on any atom is -0.461 e. The van der Waals surface area contributed by atoms with Gasteiger partial charge in [-0.15, -0.1) is 0 Å². The Labute approximate surface area is 225 Å². The second-order valence-electron chi connectivity index (χ2n) is 10.7. The van der Waals surface area contributed by atoms with Crippen LogP contribution in [-0.2, 0) is 18.8 Å². The molecule has 1 aliphatic carbocycles. The quantitative estimate of drug-likeness (QED) is 0.191. The SMILES string of the molecule is CC(C)(C)OC(=O)NC1CCC(OC(=O)[C@@]2(N)CP2(=O)Oc2ccc(Oc3ccc([N+](=O)[O-])cc3)cc2)CC1. The van der Waals surface area contributed by atoms with Crippen molar-refractivity contribution in [2.45, 2.75) is 69.5 Å². The van der Waals surface area contributed by atoms with Gasteiger partial charge < -0.3 is 29.8 Å². The first kappa shape index (κ1) is 28.4. The molecule has 2 aliphatic rings. The molecule has 12 nitrogen and oxygen atoms in total. The third-order valence-electron chi connectivity index (χ3n) is 6.34. The van der Waals surface area contributed by atoms with Gasteiger partial charge in [0.15, 0.2) is 0 Å². The summed E-state index contributed by atoms with van der Waals surface area (Å²) in [6, 6.07) is 11.7. The van der Waals surface area contributed by atoms with Crippen molar-refractivity contribution in [2.75, 3.05) is 6.16 Å². The summed E-state index contributed by atoms with van der Waals surface area (Å²) < 4.78 is 35.3. The zero-order valence-electron chi connectivity index (χ0n) is 22.0. The average molecular weight is 562 g/mol. The van der Waals surface area contributed by atoms with Crippen molar-refractivity contribution < 1.29 is 37.8 Å². The first-order valence-corrected chi connectivity index (χ1v) is 14.4. The molecule has 210 valence electrons. The summed E-state index contributed by atoms with van der Waals surface area (Å²) in [6.45, 7) is 5.37. The summed E-state index contributed by atoms with van der Waals surface area (Å²) in [7, 11) is -3.51. The maximum absolute atomic E-state index is 13.2. The third kappa shape index (κ3) is 7.07. The van der Waals surface area contributed by atoms with E-state index in [9.17, 15) is 24.3 Å². The Morgan fingerprint density at radius 3 is 2.08 bits per heavy atom. The molecule has 13 heteroatoms. The van der Waals surface area contributed by atoms with E-state index in [1.54, 1.807) is 32.9 Å². The molecule has 2 fully saturated rings. The molecule has 0 radical (unpaired) electrons. The van der Waals surface area contributed by atoms with Crippen LogP contribution in [0.3, 0.4) is 0 Å². The smallest absolute Gasteiger partial charge is 0.407 e. The van der Waals surface area contributed by atoms with E-state index in [4.69, 9.17) is 24.5 Å². The first-order valence-electron chi connectivity index (χ1n) is 12.6. The van der Waals surface area contributed by atoms with Gasteiger partial charge in [0.25, 0.3) is 13.1 Å². The van der Waals surface area contributed by atoms with Crippen molar-refractivity contribution in [1.29, 1.82) is 0 Å². The summed E-state index contributed by atoms with van der Waals surface area (Å²) in [6.07, 6.45) is 1.28. The molecular weight excluding hydrogens is 529 g/mol. The summed E-state index contributed by atoms with van der Waals surface area (Å²) in [4.78, 5) is 35.0. The molecule has 0 spiro atoms. The standard InChI is InChI=1S/C26H32N3O9P/c1-25(2,3)37-24(31)28-17-4-8-21(9-5-17)36-23(30)26(27)16-39(26,34)38-22-14-12-20(13-15-22)35-19-10-6-18(7-11-19)29(32)33/h6-7,10-15,17,21H,4-5,8-9,16,27H2,1-3H3,(H,28,31)/t17?,21?,26-,39?/m1/s1. The van der Waals surface area contributed by atoms with Crippen molar-refractivity contribution in [2.24, 2.45) is 5.73 Å². The predicted octanol–water partition coefficient (Wildman–Crippen LogP) is 5.09. The van der Waals surface area contributed by atoms with Crippen LogP contribution in [0.5, 0.6) is 17.2 Å². The Balaban J connectivity index is 1.24. The van der Waals surface area contributed by atoms with Crippen LogP contribution in [0.4, 0.5) is 10.5 Å². The number of rotatable bonds is 8. The van der Waals surface area contributed by atoms with Crippen molar-refractivity contribution >= 4 is 25.1 Å². The van der Waals surface area contributed by atoms with Gasteiger partial charge in [0.1, 0.15) is 29.0 Å². The highest BCUT2D eigenvalue weighted by atomic mass is 31.2. The summed E-state index contributed by atoms with van der Waals surface area (Å²) in [5, 5.41) is 11.9. The van der Waals surface area contributed by atoms with Gasteiger partial charge in [0, 0.05) is 18.2 Å². The van der Waals surface area contributed by atoms with Crippen molar-refractivity contribution in [3.63, 3.8) is 0 Å². The zero-order valence-corrected chi connectivity index (χ0v) is 22.8. The molecule has 1 amide bonds. The molecule has 1 heterocycles. The predicted molar refractivity (Wildman–Crippen MR) is 141 cm³/mol. The zero-order chi connectivity index (χ0) is 28.4. The number of alkyl carbamates (subject to hydrolysis) is 1. The van der Waals surface area contributed by atoms with Crippen LogP contribution in [0.15, 0.2) is 48.5 Å². The van der Waals surface area contributed by atoms with Crippen LogP contribution in [0.25, 0.3) is 0 Å². The molecule has 2 atom stereocenters. The molecule has 39 heavy (non-hydrogen) atoms. The Morgan fingerprint density at radius 2 is 1.54 bits per heavy atom. The Bertz CT molecular complexity index is 1270. The molecule has 3 N–H and O–H groups in total. The maximum atomic E-state index is 13.2. The van der Waals surface area contributed by atoms with Crippen LogP contribution in [0.1, 0.15) is 46.5 Å².